The molecular formula is C16H14N2O. The van der Waals surface area contributed by atoms with Crippen LogP contribution in [0.1, 0.15) is 5.69 Å². The van der Waals surface area contributed by atoms with E-state index < -0.39 is 0 Å². The summed E-state index contributed by atoms with van der Waals surface area (Å²) >= 11 is 0. The maximum absolute atomic E-state index is 5.74. The molecule has 0 fully saturated rings. The van der Waals surface area contributed by atoms with Crippen molar-refractivity contribution in [1.82, 2.24) is 9.78 Å². The van der Waals surface area contributed by atoms with E-state index in [4.69, 9.17) is 4.74 Å². The Balaban J connectivity index is 1.79. The number of nitrogens with zero attached hydrogens (tertiary/aromatic N) is 2. The van der Waals surface area contributed by atoms with Gasteiger partial charge in [-0.15, -0.1) is 0 Å². The Bertz CT molecular complexity index is 657. The summed E-state index contributed by atoms with van der Waals surface area (Å²) in [7, 11) is 0. The number of aryl methyl sites for hydroxylation is 1. The van der Waals surface area contributed by atoms with Crippen LogP contribution in [0.25, 0.3) is 5.69 Å². The highest BCUT2D eigenvalue weighted by atomic mass is 16.5. The van der Waals surface area contributed by atoms with Crippen molar-refractivity contribution in [2.24, 2.45) is 0 Å². The van der Waals surface area contributed by atoms with E-state index in [1.165, 1.54) is 0 Å². The molecule has 3 nitrogen and oxygen atoms in total. The highest BCUT2D eigenvalue weighted by Gasteiger charge is 2.00. The first-order valence-corrected chi connectivity index (χ1v) is 6.17. The molecule has 0 saturated carbocycles. The van der Waals surface area contributed by atoms with E-state index >= 15 is 0 Å². The van der Waals surface area contributed by atoms with Gasteiger partial charge >= 0.3 is 0 Å². The lowest BCUT2D eigenvalue weighted by Crippen LogP contribution is -1.94. The quantitative estimate of drug-likeness (QED) is 0.703. The lowest BCUT2D eigenvalue weighted by molar-refractivity contribution is 0.482. The highest BCUT2D eigenvalue weighted by molar-refractivity contribution is 5.39. The summed E-state index contributed by atoms with van der Waals surface area (Å²) in [6.45, 7) is 1.98. The molecule has 0 spiro atoms. The second kappa shape index (κ2) is 4.98. The molecule has 19 heavy (non-hydrogen) atoms. The minimum absolute atomic E-state index is 0.818. The first kappa shape index (κ1) is 11.5. The fourth-order valence-corrected chi connectivity index (χ4v) is 1.85. The second-order valence-corrected chi connectivity index (χ2v) is 4.31. The van der Waals surface area contributed by atoms with Crippen molar-refractivity contribution in [3.05, 3.63) is 72.6 Å². The minimum atomic E-state index is 0.818. The van der Waals surface area contributed by atoms with Gasteiger partial charge in [-0.1, -0.05) is 18.2 Å². The Hall–Kier alpha value is -2.55. The molecule has 0 N–H and O–H groups in total. The zero-order valence-corrected chi connectivity index (χ0v) is 10.7. The van der Waals surface area contributed by atoms with E-state index in [2.05, 4.69) is 5.10 Å². The van der Waals surface area contributed by atoms with Gasteiger partial charge in [-0.05, 0) is 49.4 Å². The molecule has 0 radical (unpaired) electrons. The van der Waals surface area contributed by atoms with Crippen LogP contribution in [0, 0.1) is 6.92 Å². The molecule has 3 aromatic rings. The van der Waals surface area contributed by atoms with E-state index in [9.17, 15) is 0 Å². The molecule has 1 heterocycles. The Kier molecular flexibility index (Phi) is 3.02. The molecule has 94 valence electrons. The van der Waals surface area contributed by atoms with Crippen LogP contribution in [0.4, 0.5) is 0 Å². The van der Waals surface area contributed by atoms with Crippen LogP contribution in [0.15, 0.2) is 66.9 Å². The SMILES string of the molecule is Cc1ccn(-c2ccc(Oc3ccccc3)cc2)n1. The van der Waals surface area contributed by atoms with E-state index in [-0.39, 0.29) is 0 Å². The molecule has 0 amide bonds. The average Bonchev–Trinajstić information content (AvgIpc) is 2.87. The molecule has 1 aromatic heterocycles. The smallest absolute Gasteiger partial charge is 0.127 e. The van der Waals surface area contributed by atoms with Gasteiger partial charge in [0.05, 0.1) is 11.4 Å². The molecule has 3 rings (SSSR count). The predicted octanol–water partition coefficient (Wildman–Crippen LogP) is 3.97. The van der Waals surface area contributed by atoms with Gasteiger partial charge in [0.25, 0.3) is 0 Å². The normalized spacial score (nSPS) is 10.4. The minimum Gasteiger partial charge on any atom is -0.457 e. The zero-order chi connectivity index (χ0) is 13.1. The maximum Gasteiger partial charge on any atom is 0.127 e. The molecule has 2 aromatic carbocycles. The molecule has 0 bridgehead atoms. The van der Waals surface area contributed by atoms with E-state index in [1.807, 2.05) is 78.5 Å². The summed E-state index contributed by atoms with van der Waals surface area (Å²) in [6, 6.07) is 19.6. The van der Waals surface area contributed by atoms with Gasteiger partial charge < -0.3 is 4.74 Å². The summed E-state index contributed by atoms with van der Waals surface area (Å²) in [5.74, 6) is 1.66. The summed E-state index contributed by atoms with van der Waals surface area (Å²) < 4.78 is 7.59. The van der Waals surface area contributed by atoms with Gasteiger partial charge in [-0.3, -0.25) is 0 Å². The monoisotopic (exact) mass is 250 g/mol. The summed E-state index contributed by atoms with van der Waals surface area (Å²) in [5, 5.41) is 4.37. The summed E-state index contributed by atoms with van der Waals surface area (Å²) in [6.07, 6.45) is 1.95. The topological polar surface area (TPSA) is 27.1 Å². The predicted molar refractivity (Wildman–Crippen MR) is 74.8 cm³/mol. The fourth-order valence-electron chi connectivity index (χ4n) is 1.85. The van der Waals surface area contributed by atoms with Crippen molar-refractivity contribution < 1.29 is 4.74 Å². The Morgan fingerprint density at radius 1 is 0.842 bits per heavy atom. The Morgan fingerprint density at radius 2 is 1.53 bits per heavy atom. The Morgan fingerprint density at radius 3 is 2.16 bits per heavy atom. The number of ether oxygens (including phenoxy) is 1. The van der Waals surface area contributed by atoms with Crippen molar-refractivity contribution in [2.45, 2.75) is 6.92 Å². The summed E-state index contributed by atoms with van der Waals surface area (Å²) in [4.78, 5) is 0. The molecular weight excluding hydrogens is 236 g/mol. The molecule has 0 aliphatic rings. The first-order valence-electron chi connectivity index (χ1n) is 6.17. The number of benzene rings is 2. The Labute approximate surface area is 112 Å². The van der Waals surface area contributed by atoms with E-state index in [1.54, 1.807) is 0 Å². The largest absolute Gasteiger partial charge is 0.457 e. The van der Waals surface area contributed by atoms with Crippen LogP contribution in [-0.2, 0) is 0 Å². The first-order chi connectivity index (χ1) is 9.31. The van der Waals surface area contributed by atoms with Crippen LogP contribution >= 0.6 is 0 Å². The number of para-hydroxylation sites is 1. The van der Waals surface area contributed by atoms with Crippen molar-refractivity contribution in [3.63, 3.8) is 0 Å². The van der Waals surface area contributed by atoms with E-state index in [0.717, 1.165) is 22.9 Å². The third kappa shape index (κ3) is 2.65. The standard InChI is InChI=1S/C16H14N2O/c1-13-11-12-18(17-13)14-7-9-16(10-8-14)19-15-5-3-2-4-6-15/h2-12H,1H3. The summed E-state index contributed by atoms with van der Waals surface area (Å²) in [5.41, 5.74) is 2.03. The third-order valence-corrected chi connectivity index (χ3v) is 2.80. The van der Waals surface area contributed by atoms with Crippen LogP contribution in [-0.4, -0.2) is 9.78 Å². The van der Waals surface area contributed by atoms with Crippen molar-refractivity contribution in [3.8, 4) is 17.2 Å². The average molecular weight is 250 g/mol. The van der Waals surface area contributed by atoms with Crippen LogP contribution in [0.3, 0.4) is 0 Å². The van der Waals surface area contributed by atoms with Crippen molar-refractivity contribution in [2.75, 3.05) is 0 Å². The second-order valence-electron chi connectivity index (χ2n) is 4.31. The molecule has 0 saturated heterocycles. The maximum atomic E-state index is 5.74. The van der Waals surface area contributed by atoms with Gasteiger partial charge in [-0.2, -0.15) is 5.10 Å². The number of hydrogen-bond acceptors (Lipinski definition) is 2. The van der Waals surface area contributed by atoms with Gasteiger partial charge in [-0.25, -0.2) is 4.68 Å². The van der Waals surface area contributed by atoms with Gasteiger partial charge in [0.15, 0.2) is 0 Å². The van der Waals surface area contributed by atoms with Crippen molar-refractivity contribution in [1.29, 1.82) is 0 Å². The molecule has 0 aliphatic heterocycles. The molecule has 0 atom stereocenters. The van der Waals surface area contributed by atoms with Crippen LogP contribution in [0.2, 0.25) is 0 Å². The van der Waals surface area contributed by atoms with Crippen LogP contribution in [0.5, 0.6) is 11.5 Å². The fraction of sp³-hybridized carbons (Fsp3) is 0.0625. The van der Waals surface area contributed by atoms with Gasteiger partial charge in [0, 0.05) is 6.20 Å². The number of aromatic nitrogens is 2. The number of hydrogen-bond donors (Lipinski definition) is 0. The highest BCUT2D eigenvalue weighted by Crippen LogP contribution is 2.22. The van der Waals surface area contributed by atoms with Crippen molar-refractivity contribution >= 4 is 0 Å². The zero-order valence-electron chi connectivity index (χ0n) is 10.7. The van der Waals surface area contributed by atoms with Crippen LogP contribution < -0.4 is 4.74 Å². The molecule has 0 aliphatic carbocycles. The number of rotatable bonds is 3. The lowest BCUT2D eigenvalue weighted by Gasteiger charge is -2.06. The van der Waals surface area contributed by atoms with Gasteiger partial charge in [0.2, 0.25) is 0 Å². The van der Waals surface area contributed by atoms with Gasteiger partial charge in [0.1, 0.15) is 11.5 Å². The van der Waals surface area contributed by atoms with E-state index in [0.29, 0.717) is 0 Å². The lowest BCUT2D eigenvalue weighted by atomic mass is 10.3. The molecule has 3 heteroatoms. The third-order valence-electron chi connectivity index (χ3n) is 2.80. The molecule has 0 unspecified atom stereocenters.